The maximum atomic E-state index is 14.7. The van der Waals surface area contributed by atoms with E-state index in [0.717, 1.165) is 36.0 Å². The summed E-state index contributed by atoms with van der Waals surface area (Å²) >= 11 is 0. The van der Waals surface area contributed by atoms with Gasteiger partial charge >= 0.3 is 12.2 Å². The molecule has 66 heavy (non-hydrogen) atoms. The average molecular weight is 928 g/mol. The van der Waals surface area contributed by atoms with E-state index < -0.39 is 53.2 Å². The molecule has 4 rings (SSSR count). The summed E-state index contributed by atoms with van der Waals surface area (Å²) in [6.07, 6.45) is 0.506. The maximum absolute atomic E-state index is 14.7. The number of aryl methyl sites for hydroxylation is 1. The number of nitrogens with one attached hydrogen (secondary N) is 4. The molecule has 0 fully saturated rings. The van der Waals surface area contributed by atoms with E-state index in [1.807, 2.05) is 57.2 Å². The van der Waals surface area contributed by atoms with Crippen molar-refractivity contribution in [1.29, 1.82) is 0 Å². The van der Waals surface area contributed by atoms with Gasteiger partial charge in [-0.25, -0.2) is 9.59 Å². The molecule has 2 aromatic rings. The number of fused-ring (bicyclic) bond motifs is 2. The van der Waals surface area contributed by atoms with Crippen LogP contribution in [0.4, 0.5) is 9.59 Å². The van der Waals surface area contributed by atoms with E-state index in [9.17, 15) is 24.0 Å². The molecule has 0 radical (unpaired) electrons. The first-order valence-corrected chi connectivity index (χ1v) is 22.9. The molecule has 368 valence electrons. The smallest absolute Gasteiger partial charge is 0.407 e. The number of hydrogen-bond acceptors (Lipinski definition) is 13. The van der Waals surface area contributed by atoms with E-state index in [1.165, 1.54) is 19.5 Å². The fraction of sp³-hybridized carbons (Fsp3) is 0.646. The van der Waals surface area contributed by atoms with Crippen molar-refractivity contribution < 1.29 is 61.9 Å². The van der Waals surface area contributed by atoms with Gasteiger partial charge in [0.25, 0.3) is 5.91 Å². The Labute approximate surface area is 389 Å². The quantitative estimate of drug-likeness (QED) is 0.102. The number of hydrogen-bond donors (Lipinski definition) is 4. The molecule has 2 aliphatic rings. The van der Waals surface area contributed by atoms with Gasteiger partial charge in [-0.05, 0) is 86.8 Å². The summed E-state index contributed by atoms with van der Waals surface area (Å²) < 4.78 is 44.1. The molecule has 18 nitrogen and oxygen atoms in total. The fourth-order valence-corrected chi connectivity index (χ4v) is 7.37. The molecule has 4 N–H and O–H groups in total. The Morgan fingerprint density at radius 3 is 1.95 bits per heavy atom. The standard InChI is InChI=1S/C48H73N5O13/c1-33(65-45(57)49-8)42(54)52-41(47(2,3)4)44(56)53-32-36-30-37(17-16-35(36)31-40(53)43(55)51-39-15-11-13-34-12-9-10-14-38(34)39)64-29-28-63-27-26-62-25-24-61-23-22-60-21-20-59-19-18-50-46(58)66-48(5,6)7/h9-10,12,14,16-17,30,33,39-41H,11,13,15,18-29,31-32H2,1-8H3,(H,49,57)(H,50,58)(H,51,55)(H,52,54)/t33?,39-,40+,41?/m1/s1. The Morgan fingerprint density at radius 1 is 0.742 bits per heavy atom. The summed E-state index contributed by atoms with van der Waals surface area (Å²) in [6, 6.07) is 11.7. The summed E-state index contributed by atoms with van der Waals surface area (Å²) in [6.45, 7) is 17.0. The summed E-state index contributed by atoms with van der Waals surface area (Å²) in [5.41, 5.74) is 2.71. The van der Waals surface area contributed by atoms with Gasteiger partial charge in [-0.2, -0.15) is 0 Å². The Bertz CT molecular complexity index is 1870. The Morgan fingerprint density at radius 2 is 1.35 bits per heavy atom. The molecule has 0 saturated carbocycles. The maximum Gasteiger partial charge on any atom is 0.407 e. The largest absolute Gasteiger partial charge is 0.491 e. The predicted octanol–water partition coefficient (Wildman–Crippen LogP) is 4.40. The summed E-state index contributed by atoms with van der Waals surface area (Å²) in [7, 11) is 1.39. The second-order valence-electron chi connectivity index (χ2n) is 18.2. The molecule has 0 saturated heterocycles. The van der Waals surface area contributed by atoms with Crippen molar-refractivity contribution in [3.05, 3.63) is 64.7 Å². The van der Waals surface area contributed by atoms with Crippen molar-refractivity contribution in [1.82, 2.24) is 26.2 Å². The third-order valence-electron chi connectivity index (χ3n) is 10.7. The van der Waals surface area contributed by atoms with E-state index in [4.69, 9.17) is 37.9 Å². The van der Waals surface area contributed by atoms with Gasteiger partial charge in [-0.1, -0.05) is 51.1 Å². The van der Waals surface area contributed by atoms with Crippen molar-refractivity contribution in [3.8, 4) is 5.75 Å². The average Bonchev–Trinajstić information content (AvgIpc) is 3.27. The molecule has 0 spiro atoms. The van der Waals surface area contributed by atoms with E-state index in [2.05, 4.69) is 27.3 Å². The van der Waals surface area contributed by atoms with Crippen LogP contribution in [0.5, 0.6) is 5.75 Å². The number of carbonyl (C=O) groups is 5. The normalized spacial score (nSPS) is 16.8. The third-order valence-corrected chi connectivity index (χ3v) is 10.7. The van der Waals surface area contributed by atoms with Crippen molar-refractivity contribution in [2.45, 2.75) is 111 Å². The van der Waals surface area contributed by atoms with E-state index in [0.29, 0.717) is 78.4 Å². The van der Waals surface area contributed by atoms with E-state index in [-0.39, 0.29) is 31.5 Å². The summed E-state index contributed by atoms with van der Waals surface area (Å²) in [4.78, 5) is 67.3. The third kappa shape index (κ3) is 18.3. The highest BCUT2D eigenvalue weighted by molar-refractivity contribution is 5.94. The molecule has 1 aliphatic carbocycles. The lowest BCUT2D eigenvalue weighted by atomic mass is 9.83. The zero-order valence-corrected chi connectivity index (χ0v) is 40.1. The topological polar surface area (TPSA) is 211 Å². The van der Waals surface area contributed by atoms with Crippen LogP contribution in [-0.2, 0) is 66.9 Å². The molecule has 2 aromatic carbocycles. The number of ether oxygens (including phenoxy) is 8. The number of alkyl carbamates (subject to hydrolysis) is 2. The van der Waals surface area contributed by atoms with Crippen LogP contribution in [0.25, 0.3) is 0 Å². The molecule has 1 heterocycles. The number of carbonyl (C=O) groups excluding carboxylic acids is 5. The second-order valence-corrected chi connectivity index (χ2v) is 18.2. The van der Waals surface area contributed by atoms with Crippen LogP contribution in [-0.4, -0.2) is 145 Å². The minimum Gasteiger partial charge on any atom is -0.491 e. The number of amides is 5. The number of rotatable bonds is 25. The first kappa shape index (κ1) is 53.6. The Hall–Kier alpha value is -5.01. The molecule has 4 atom stereocenters. The van der Waals surface area contributed by atoms with E-state index in [1.54, 1.807) is 25.7 Å². The van der Waals surface area contributed by atoms with Crippen molar-refractivity contribution in [2.24, 2.45) is 5.41 Å². The fourth-order valence-electron chi connectivity index (χ4n) is 7.37. The second kappa shape index (κ2) is 27.0. The zero-order chi connectivity index (χ0) is 48.1. The van der Waals surface area contributed by atoms with Crippen LogP contribution in [0.2, 0.25) is 0 Å². The molecule has 1 aliphatic heterocycles. The highest BCUT2D eigenvalue weighted by Crippen LogP contribution is 2.33. The lowest BCUT2D eigenvalue weighted by Crippen LogP contribution is -2.61. The van der Waals surface area contributed by atoms with Gasteiger partial charge in [0.1, 0.15) is 30.0 Å². The Balaban J connectivity index is 1.21. The predicted molar refractivity (Wildman–Crippen MR) is 245 cm³/mol. The van der Waals surface area contributed by atoms with Gasteiger partial charge in [0, 0.05) is 26.6 Å². The molecule has 0 bridgehead atoms. The lowest BCUT2D eigenvalue weighted by molar-refractivity contribution is -0.148. The minimum atomic E-state index is -1.17. The number of nitrogens with zero attached hydrogens (tertiary/aromatic N) is 1. The van der Waals surface area contributed by atoms with Crippen molar-refractivity contribution >= 4 is 29.9 Å². The highest BCUT2D eigenvalue weighted by Gasteiger charge is 2.43. The van der Waals surface area contributed by atoms with Gasteiger partial charge in [-0.3, -0.25) is 14.4 Å². The van der Waals surface area contributed by atoms with Crippen LogP contribution < -0.4 is 26.0 Å². The number of benzene rings is 2. The van der Waals surface area contributed by atoms with Gasteiger partial charge in [-0.15, -0.1) is 0 Å². The van der Waals surface area contributed by atoms with Gasteiger partial charge in [0.05, 0.1) is 72.1 Å². The van der Waals surface area contributed by atoms with Crippen LogP contribution in [0.15, 0.2) is 42.5 Å². The molecule has 2 unspecified atom stereocenters. The SMILES string of the molecule is CNC(=O)OC(C)C(=O)NC(C(=O)N1Cc2cc(OCCOCCOCCOCCOCCOCCNC(=O)OC(C)(C)C)ccc2C[C@H]1C(=O)N[C@@H]1CCCc2ccccc21)C(C)(C)C. The molecular formula is C48H73N5O13. The highest BCUT2D eigenvalue weighted by atomic mass is 16.6. The van der Waals surface area contributed by atoms with E-state index >= 15 is 0 Å². The van der Waals surface area contributed by atoms with Crippen LogP contribution in [0, 0.1) is 5.41 Å². The van der Waals surface area contributed by atoms with Crippen molar-refractivity contribution in [2.75, 3.05) is 86.3 Å². The molecule has 5 amide bonds. The monoisotopic (exact) mass is 928 g/mol. The molecule has 18 heteroatoms. The minimum absolute atomic E-state index is 0.106. The first-order chi connectivity index (χ1) is 31.5. The summed E-state index contributed by atoms with van der Waals surface area (Å²) in [5.74, 6) is -0.747. The zero-order valence-electron chi connectivity index (χ0n) is 40.1. The lowest BCUT2D eigenvalue weighted by Gasteiger charge is -2.41. The van der Waals surface area contributed by atoms with Crippen LogP contribution >= 0.6 is 0 Å². The Kier molecular flexibility index (Phi) is 21.9. The van der Waals surface area contributed by atoms with Gasteiger partial charge in [0.2, 0.25) is 11.8 Å². The first-order valence-electron chi connectivity index (χ1n) is 22.9. The summed E-state index contributed by atoms with van der Waals surface area (Å²) in [5, 5.41) is 11.0. The molecular weight excluding hydrogens is 855 g/mol. The van der Waals surface area contributed by atoms with Crippen molar-refractivity contribution in [3.63, 3.8) is 0 Å². The van der Waals surface area contributed by atoms with Crippen LogP contribution in [0.3, 0.4) is 0 Å². The van der Waals surface area contributed by atoms with Gasteiger partial charge < -0.3 is 64.1 Å². The molecule has 0 aromatic heterocycles. The van der Waals surface area contributed by atoms with Crippen LogP contribution in [0.1, 0.15) is 89.6 Å². The van der Waals surface area contributed by atoms with Gasteiger partial charge in [0.15, 0.2) is 6.10 Å².